The van der Waals surface area contributed by atoms with Gasteiger partial charge in [-0.25, -0.2) is 0 Å². The van der Waals surface area contributed by atoms with E-state index in [1.54, 1.807) is 0 Å². The molecule has 1 rings (SSSR count). The number of nitrogens with one attached hydrogen (secondary N) is 2. The second kappa shape index (κ2) is 14.8. The topological polar surface area (TPSA) is 65.9 Å². The molecule has 0 bridgehead atoms. The lowest BCUT2D eigenvalue weighted by Gasteiger charge is -2.13. The first-order chi connectivity index (χ1) is 10.3. The monoisotopic (exact) mass is 445 g/mol. The molecule has 5 nitrogen and oxygen atoms in total. The Kier molecular flexibility index (Phi) is 15.0. The van der Waals surface area contributed by atoms with Gasteiger partial charge in [-0.2, -0.15) is 11.8 Å². The van der Waals surface area contributed by atoms with Crippen LogP contribution in [-0.4, -0.2) is 62.0 Å². The molecule has 0 aromatic carbocycles. The molecule has 3 N–H and O–H groups in total. The summed E-state index contributed by atoms with van der Waals surface area (Å²) >= 11 is 1.88. The molecule has 0 aromatic heterocycles. The fourth-order valence-corrected chi connectivity index (χ4v) is 2.32. The zero-order valence-electron chi connectivity index (χ0n) is 13.8. The molecule has 0 heterocycles. The molecule has 1 unspecified atom stereocenters. The number of thioether (sulfide) groups is 1. The highest BCUT2D eigenvalue weighted by atomic mass is 127. The number of hydrogen-bond donors (Lipinski definition) is 3. The van der Waals surface area contributed by atoms with Crippen LogP contribution < -0.4 is 10.6 Å². The van der Waals surface area contributed by atoms with E-state index >= 15 is 0 Å². The van der Waals surface area contributed by atoms with E-state index in [1.807, 2.05) is 18.7 Å². The van der Waals surface area contributed by atoms with Crippen molar-refractivity contribution in [1.29, 1.82) is 0 Å². The molecular formula is C15H32IN3O2S. The average Bonchev–Trinajstić information content (AvgIpc) is 3.28. The van der Waals surface area contributed by atoms with Crippen LogP contribution in [0.15, 0.2) is 4.99 Å². The molecule has 1 saturated carbocycles. The summed E-state index contributed by atoms with van der Waals surface area (Å²) in [5, 5.41) is 16.3. The van der Waals surface area contributed by atoms with E-state index in [0.717, 1.165) is 38.0 Å². The molecule has 0 saturated heterocycles. The fraction of sp³-hybridized carbons (Fsp3) is 0.933. The average molecular weight is 445 g/mol. The number of ether oxygens (including phenoxy) is 1. The first-order valence-corrected chi connectivity index (χ1v) is 9.42. The van der Waals surface area contributed by atoms with Crippen LogP contribution in [0, 0.1) is 5.92 Å². The first-order valence-electron chi connectivity index (χ1n) is 8.03. The van der Waals surface area contributed by atoms with Crippen LogP contribution in [0.3, 0.4) is 0 Å². The summed E-state index contributed by atoms with van der Waals surface area (Å²) in [7, 11) is 0. The van der Waals surface area contributed by atoms with Crippen molar-refractivity contribution in [3.05, 3.63) is 0 Å². The number of aliphatic imine (C=N–C) groups is 1. The van der Waals surface area contributed by atoms with Gasteiger partial charge in [0.05, 0.1) is 19.3 Å². The normalized spacial score (nSPS) is 16.0. The highest BCUT2D eigenvalue weighted by Gasteiger charge is 2.21. The zero-order valence-corrected chi connectivity index (χ0v) is 17.0. The molecule has 132 valence electrons. The Morgan fingerprint density at radius 2 is 2.14 bits per heavy atom. The standard InChI is InChI=1S/C15H31N3O2S.HI/c1-3-16-15(17-8-4-5-9-21-2)18-10-14(19)12-20-11-13-6-7-13;/h13-14,19H,3-12H2,1-2H3,(H2,16,17,18);1H. The predicted octanol–water partition coefficient (Wildman–Crippen LogP) is 2.09. The number of nitrogens with zero attached hydrogens (tertiary/aromatic N) is 1. The second-order valence-electron chi connectivity index (χ2n) is 5.48. The number of hydrogen-bond acceptors (Lipinski definition) is 4. The Balaban J connectivity index is 0.00000441. The van der Waals surface area contributed by atoms with Gasteiger partial charge in [0.1, 0.15) is 0 Å². The quantitative estimate of drug-likeness (QED) is 0.186. The van der Waals surface area contributed by atoms with Crippen molar-refractivity contribution in [3.8, 4) is 0 Å². The molecule has 22 heavy (non-hydrogen) atoms. The SMILES string of the molecule is CCNC(=NCC(O)COCC1CC1)NCCCCSC.I. The van der Waals surface area contributed by atoms with Crippen LogP contribution in [0.5, 0.6) is 0 Å². The number of unbranched alkanes of at least 4 members (excludes halogenated alkanes) is 1. The van der Waals surface area contributed by atoms with E-state index in [0.29, 0.717) is 13.2 Å². The van der Waals surface area contributed by atoms with Gasteiger partial charge in [-0.3, -0.25) is 4.99 Å². The van der Waals surface area contributed by atoms with Crippen molar-refractivity contribution in [2.75, 3.05) is 44.9 Å². The van der Waals surface area contributed by atoms with Gasteiger partial charge in [-0.15, -0.1) is 24.0 Å². The van der Waals surface area contributed by atoms with Crippen LogP contribution >= 0.6 is 35.7 Å². The summed E-state index contributed by atoms with van der Waals surface area (Å²) in [5.74, 6) is 2.72. The maximum absolute atomic E-state index is 9.85. The lowest BCUT2D eigenvalue weighted by molar-refractivity contribution is 0.0368. The Labute approximate surface area is 156 Å². The minimum Gasteiger partial charge on any atom is -0.389 e. The van der Waals surface area contributed by atoms with Crippen molar-refractivity contribution in [1.82, 2.24) is 10.6 Å². The summed E-state index contributed by atoms with van der Waals surface area (Å²) in [6.07, 6.45) is 6.52. The summed E-state index contributed by atoms with van der Waals surface area (Å²) in [4.78, 5) is 4.40. The van der Waals surface area contributed by atoms with Gasteiger partial charge in [-0.05, 0) is 50.5 Å². The van der Waals surface area contributed by atoms with Gasteiger partial charge in [0, 0.05) is 19.7 Å². The molecule has 1 atom stereocenters. The number of aliphatic hydroxyl groups is 1. The molecule has 0 radical (unpaired) electrons. The van der Waals surface area contributed by atoms with E-state index in [-0.39, 0.29) is 24.0 Å². The van der Waals surface area contributed by atoms with Crippen LogP contribution in [0.2, 0.25) is 0 Å². The molecule has 0 amide bonds. The van der Waals surface area contributed by atoms with Gasteiger partial charge in [-0.1, -0.05) is 0 Å². The minimum atomic E-state index is -0.518. The van der Waals surface area contributed by atoms with E-state index in [4.69, 9.17) is 4.74 Å². The number of guanidine groups is 1. The summed E-state index contributed by atoms with van der Waals surface area (Å²) in [6.45, 7) is 5.33. The van der Waals surface area contributed by atoms with E-state index in [2.05, 4.69) is 21.9 Å². The van der Waals surface area contributed by atoms with Crippen molar-refractivity contribution in [2.24, 2.45) is 10.9 Å². The Morgan fingerprint density at radius 3 is 2.77 bits per heavy atom. The van der Waals surface area contributed by atoms with E-state index in [1.165, 1.54) is 25.0 Å². The maximum Gasteiger partial charge on any atom is 0.191 e. The largest absolute Gasteiger partial charge is 0.389 e. The minimum absolute atomic E-state index is 0. The Bertz CT molecular complexity index is 292. The molecule has 0 spiro atoms. The summed E-state index contributed by atoms with van der Waals surface area (Å²) < 4.78 is 5.47. The molecule has 1 aliphatic rings. The lowest BCUT2D eigenvalue weighted by atomic mass is 10.3. The molecule has 1 fully saturated rings. The van der Waals surface area contributed by atoms with Gasteiger partial charge in [0.15, 0.2) is 5.96 Å². The predicted molar refractivity (Wildman–Crippen MR) is 107 cm³/mol. The third kappa shape index (κ3) is 12.8. The number of aliphatic hydroxyl groups excluding tert-OH is 1. The van der Waals surface area contributed by atoms with E-state index < -0.39 is 6.10 Å². The third-order valence-corrected chi connectivity index (χ3v) is 3.93. The van der Waals surface area contributed by atoms with Crippen molar-refractivity contribution < 1.29 is 9.84 Å². The molecule has 1 aliphatic carbocycles. The van der Waals surface area contributed by atoms with Crippen LogP contribution in [0.1, 0.15) is 32.6 Å². The summed E-state index contributed by atoms with van der Waals surface area (Å²) in [6, 6.07) is 0. The zero-order chi connectivity index (χ0) is 15.3. The Morgan fingerprint density at radius 1 is 1.36 bits per heavy atom. The van der Waals surface area contributed by atoms with Crippen molar-refractivity contribution in [3.63, 3.8) is 0 Å². The molecule has 0 aromatic rings. The van der Waals surface area contributed by atoms with Crippen molar-refractivity contribution in [2.45, 2.75) is 38.7 Å². The van der Waals surface area contributed by atoms with E-state index in [9.17, 15) is 5.11 Å². The molecule has 7 heteroatoms. The molecular weight excluding hydrogens is 413 g/mol. The van der Waals surface area contributed by atoms with Gasteiger partial charge < -0.3 is 20.5 Å². The third-order valence-electron chi connectivity index (χ3n) is 3.23. The van der Waals surface area contributed by atoms with Gasteiger partial charge in [0.2, 0.25) is 0 Å². The van der Waals surface area contributed by atoms with Crippen LogP contribution in [0.25, 0.3) is 0 Å². The summed E-state index contributed by atoms with van der Waals surface area (Å²) in [5.41, 5.74) is 0. The van der Waals surface area contributed by atoms with Crippen molar-refractivity contribution >= 4 is 41.7 Å². The maximum atomic E-state index is 9.85. The van der Waals surface area contributed by atoms with Gasteiger partial charge >= 0.3 is 0 Å². The first kappa shape index (κ1) is 22.3. The Hall–Kier alpha value is 0.270. The van der Waals surface area contributed by atoms with Gasteiger partial charge in [0.25, 0.3) is 0 Å². The second-order valence-corrected chi connectivity index (χ2v) is 6.47. The highest BCUT2D eigenvalue weighted by molar-refractivity contribution is 14.0. The molecule has 0 aliphatic heterocycles. The smallest absolute Gasteiger partial charge is 0.191 e. The fourth-order valence-electron chi connectivity index (χ4n) is 1.82. The lowest BCUT2D eigenvalue weighted by Crippen LogP contribution is -2.38. The highest BCUT2D eigenvalue weighted by Crippen LogP contribution is 2.28. The number of rotatable bonds is 12. The van der Waals surface area contributed by atoms with Crippen LogP contribution in [-0.2, 0) is 4.74 Å². The van der Waals surface area contributed by atoms with Crippen LogP contribution in [0.4, 0.5) is 0 Å². The number of halogens is 1.